The van der Waals surface area contributed by atoms with Crippen LogP contribution in [0.3, 0.4) is 0 Å². The van der Waals surface area contributed by atoms with Crippen LogP contribution in [0.1, 0.15) is 20.3 Å². The number of hydrogen-bond donors (Lipinski definition) is 2. The fraction of sp³-hybridized carbons (Fsp3) is 0.200. The molecule has 2 N–H and O–H groups in total. The first-order valence-corrected chi connectivity index (χ1v) is 8.49. The van der Waals surface area contributed by atoms with E-state index in [1.165, 1.54) is 18.2 Å². The van der Waals surface area contributed by atoms with Crippen molar-refractivity contribution < 1.29 is 8.78 Å². The molecule has 134 valence electrons. The predicted molar refractivity (Wildman–Crippen MR) is 100 cm³/mol. The van der Waals surface area contributed by atoms with Crippen LogP contribution in [-0.2, 0) is 0 Å². The van der Waals surface area contributed by atoms with Crippen molar-refractivity contribution >= 4 is 17.5 Å². The van der Waals surface area contributed by atoms with Gasteiger partial charge in [-0.1, -0.05) is 43.3 Å². The van der Waals surface area contributed by atoms with Crippen LogP contribution in [0.4, 0.5) is 26.2 Å². The highest BCUT2D eigenvalue weighted by atomic mass is 19.1. The minimum absolute atomic E-state index is 0.126. The molecule has 0 saturated carbocycles. The van der Waals surface area contributed by atoms with Crippen molar-refractivity contribution in [3.05, 3.63) is 66.2 Å². The van der Waals surface area contributed by atoms with E-state index in [0.29, 0.717) is 11.5 Å². The zero-order chi connectivity index (χ0) is 18.5. The van der Waals surface area contributed by atoms with Crippen LogP contribution in [0.25, 0.3) is 11.3 Å². The molecule has 0 amide bonds. The van der Waals surface area contributed by atoms with E-state index >= 15 is 0 Å². The average molecular weight is 354 g/mol. The lowest BCUT2D eigenvalue weighted by molar-refractivity contribution is 0.590. The summed E-state index contributed by atoms with van der Waals surface area (Å²) in [5, 5.41) is 5.95. The van der Waals surface area contributed by atoms with Crippen molar-refractivity contribution in [3.8, 4) is 11.3 Å². The van der Waals surface area contributed by atoms with E-state index in [9.17, 15) is 8.78 Å². The van der Waals surface area contributed by atoms with Crippen molar-refractivity contribution in [2.24, 2.45) is 0 Å². The largest absolute Gasteiger partial charge is 0.367 e. The van der Waals surface area contributed by atoms with Gasteiger partial charge in [0.05, 0.1) is 5.69 Å². The maximum atomic E-state index is 14.0. The summed E-state index contributed by atoms with van der Waals surface area (Å²) in [6.45, 7) is 4.10. The van der Waals surface area contributed by atoms with Crippen LogP contribution in [0, 0.1) is 11.6 Å². The molecule has 0 fully saturated rings. The maximum absolute atomic E-state index is 14.0. The Hall–Kier alpha value is -3.02. The Morgan fingerprint density at radius 3 is 2.31 bits per heavy atom. The van der Waals surface area contributed by atoms with Gasteiger partial charge in [-0.25, -0.2) is 13.8 Å². The van der Waals surface area contributed by atoms with Gasteiger partial charge in [0.2, 0.25) is 5.95 Å². The van der Waals surface area contributed by atoms with Crippen molar-refractivity contribution in [1.82, 2.24) is 9.97 Å². The van der Waals surface area contributed by atoms with Crippen LogP contribution < -0.4 is 10.6 Å². The lowest BCUT2D eigenvalue weighted by atomic mass is 10.1. The molecule has 0 bridgehead atoms. The molecule has 3 aromatic rings. The molecule has 1 heterocycles. The third kappa shape index (κ3) is 4.14. The van der Waals surface area contributed by atoms with Gasteiger partial charge in [0, 0.05) is 17.7 Å². The second kappa shape index (κ2) is 7.91. The Kier molecular flexibility index (Phi) is 5.41. The lowest BCUT2D eigenvalue weighted by Gasteiger charge is -2.15. The Morgan fingerprint density at radius 2 is 1.65 bits per heavy atom. The summed E-state index contributed by atoms with van der Waals surface area (Å²) in [6, 6.07) is 15.3. The van der Waals surface area contributed by atoms with Crippen LogP contribution >= 0.6 is 0 Å². The highest BCUT2D eigenvalue weighted by Gasteiger charge is 2.13. The molecular formula is C20H20F2N4. The smallest absolute Gasteiger partial charge is 0.229 e. The number of nitrogens with one attached hydrogen (secondary N) is 2. The highest BCUT2D eigenvalue weighted by molar-refractivity contribution is 5.66. The minimum atomic E-state index is -0.699. The molecule has 0 radical (unpaired) electrons. The van der Waals surface area contributed by atoms with E-state index < -0.39 is 11.6 Å². The quantitative estimate of drug-likeness (QED) is 0.624. The zero-order valence-corrected chi connectivity index (χ0v) is 14.6. The van der Waals surface area contributed by atoms with Crippen molar-refractivity contribution in [2.45, 2.75) is 26.3 Å². The van der Waals surface area contributed by atoms with Crippen molar-refractivity contribution in [1.29, 1.82) is 0 Å². The van der Waals surface area contributed by atoms with Gasteiger partial charge in [-0.3, -0.25) is 0 Å². The summed E-state index contributed by atoms with van der Waals surface area (Å²) in [5.74, 6) is -0.682. The number of para-hydroxylation sites is 1. The van der Waals surface area contributed by atoms with Crippen LogP contribution in [0.5, 0.6) is 0 Å². The first-order chi connectivity index (χ1) is 12.6. The van der Waals surface area contributed by atoms with Gasteiger partial charge in [0.25, 0.3) is 0 Å². The molecule has 26 heavy (non-hydrogen) atoms. The normalized spacial score (nSPS) is 11.8. The van der Waals surface area contributed by atoms with Gasteiger partial charge < -0.3 is 10.6 Å². The second-order valence-electron chi connectivity index (χ2n) is 6.00. The van der Waals surface area contributed by atoms with Crippen molar-refractivity contribution in [3.63, 3.8) is 0 Å². The van der Waals surface area contributed by atoms with Crippen LogP contribution in [0.15, 0.2) is 54.6 Å². The molecule has 0 aliphatic rings. The molecular weight excluding hydrogens is 334 g/mol. The third-order valence-electron chi connectivity index (χ3n) is 4.00. The van der Waals surface area contributed by atoms with Gasteiger partial charge >= 0.3 is 0 Å². The number of benzene rings is 2. The minimum Gasteiger partial charge on any atom is -0.367 e. The summed E-state index contributed by atoms with van der Waals surface area (Å²) in [6.07, 6.45) is 0.912. The number of anilines is 3. The molecule has 0 saturated heterocycles. The average Bonchev–Trinajstić information content (AvgIpc) is 2.65. The van der Waals surface area contributed by atoms with E-state index in [4.69, 9.17) is 0 Å². The monoisotopic (exact) mass is 354 g/mol. The topological polar surface area (TPSA) is 49.8 Å². The third-order valence-corrected chi connectivity index (χ3v) is 4.00. The molecule has 4 nitrogen and oxygen atoms in total. The van der Waals surface area contributed by atoms with Gasteiger partial charge in [0.1, 0.15) is 23.1 Å². The molecule has 6 heteroatoms. The number of aromatic nitrogens is 2. The highest BCUT2D eigenvalue weighted by Crippen LogP contribution is 2.26. The zero-order valence-electron chi connectivity index (χ0n) is 14.6. The fourth-order valence-corrected chi connectivity index (χ4v) is 2.42. The summed E-state index contributed by atoms with van der Waals surface area (Å²) < 4.78 is 27.9. The van der Waals surface area contributed by atoms with Crippen molar-refractivity contribution in [2.75, 3.05) is 10.6 Å². The fourth-order valence-electron chi connectivity index (χ4n) is 2.42. The number of rotatable bonds is 6. The summed E-state index contributed by atoms with van der Waals surface area (Å²) in [7, 11) is 0. The van der Waals surface area contributed by atoms with E-state index in [1.54, 1.807) is 0 Å². The first kappa shape index (κ1) is 17.8. The molecule has 1 unspecified atom stereocenters. The van der Waals surface area contributed by atoms with Crippen LogP contribution in [0.2, 0.25) is 0 Å². The van der Waals surface area contributed by atoms with Gasteiger partial charge in [0.15, 0.2) is 0 Å². The Bertz CT molecular complexity index is 864. The molecule has 0 aliphatic heterocycles. The van der Waals surface area contributed by atoms with Gasteiger partial charge in [-0.05, 0) is 25.5 Å². The Labute approximate surface area is 151 Å². The molecule has 2 aromatic carbocycles. The Balaban J connectivity index is 2.02. The SMILES string of the molecule is CCC(C)Nc1cc(-c2ccccc2)nc(Nc2c(F)cccc2F)n1. The predicted octanol–water partition coefficient (Wildman–Crippen LogP) is 5.38. The van der Waals surface area contributed by atoms with Gasteiger partial charge in [-0.2, -0.15) is 4.98 Å². The lowest BCUT2D eigenvalue weighted by Crippen LogP contribution is -2.15. The van der Waals surface area contributed by atoms with Crippen LogP contribution in [-0.4, -0.2) is 16.0 Å². The maximum Gasteiger partial charge on any atom is 0.229 e. The van der Waals surface area contributed by atoms with E-state index in [0.717, 1.165) is 12.0 Å². The molecule has 0 aliphatic carbocycles. The van der Waals surface area contributed by atoms with E-state index in [1.807, 2.05) is 43.3 Å². The second-order valence-corrected chi connectivity index (χ2v) is 6.00. The summed E-state index contributed by atoms with van der Waals surface area (Å²) >= 11 is 0. The summed E-state index contributed by atoms with van der Waals surface area (Å²) in [5.41, 5.74) is 1.28. The number of nitrogens with zero attached hydrogens (tertiary/aromatic N) is 2. The molecule has 3 rings (SSSR count). The molecule has 1 aromatic heterocycles. The summed E-state index contributed by atoms with van der Waals surface area (Å²) in [4.78, 5) is 8.78. The molecule has 0 spiro atoms. The standard InChI is InChI=1S/C20H20F2N4/c1-3-13(2)23-18-12-17(14-8-5-4-6-9-14)24-20(25-18)26-19-15(21)10-7-11-16(19)22/h4-13H,3H2,1-2H3,(H2,23,24,25,26). The van der Waals surface area contributed by atoms with Gasteiger partial charge in [-0.15, -0.1) is 0 Å². The first-order valence-electron chi connectivity index (χ1n) is 8.49. The number of halogens is 2. The Morgan fingerprint density at radius 1 is 0.962 bits per heavy atom. The van der Waals surface area contributed by atoms with E-state index in [2.05, 4.69) is 27.5 Å². The number of hydrogen-bond acceptors (Lipinski definition) is 4. The van der Waals surface area contributed by atoms with E-state index in [-0.39, 0.29) is 17.7 Å². The molecule has 1 atom stereocenters.